The minimum absolute atomic E-state index is 0.121. The van der Waals surface area contributed by atoms with Gasteiger partial charge in [0.15, 0.2) is 0 Å². The van der Waals surface area contributed by atoms with E-state index in [-0.39, 0.29) is 16.8 Å². The Morgan fingerprint density at radius 2 is 1.13 bits per heavy atom. The zero-order chi connectivity index (χ0) is 38.1. The first-order valence-electron chi connectivity index (χ1n) is 19.2. The molecule has 1 unspecified atom stereocenters. The van der Waals surface area contributed by atoms with Crippen LogP contribution in [0.3, 0.4) is 0 Å². The van der Waals surface area contributed by atoms with Gasteiger partial charge in [-0.1, -0.05) is 152 Å². The average Bonchev–Trinajstić information content (AvgIpc) is 3.61. The van der Waals surface area contributed by atoms with Crippen LogP contribution in [0.25, 0.3) is 66.1 Å². The fraction of sp³-hybridized carbons (Fsp3) is 0.173. The molecule has 0 saturated heterocycles. The molecule has 2 aliphatic rings. The zero-order valence-corrected chi connectivity index (χ0v) is 33.2. The first kappa shape index (κ1) is 35.2. The van der Waals surface area contributed by atoms with Crippen molar-refractivity contribution in [3.05, 3.63) is 179 Å². The molecule has 0 aromatic heterocycles. The first-order valence-corrected chi connectivity index (χ1v) is 20.0. The molecular weight excluding hydrogens is 736 g/mol. The van der Waals surface area contributed by atoms with Crippen LogP contribution >= 0.6 is 15.9 Å². The zero-order valence-electron chi connectivity index (χ0n) is 31.6. The summed E-state index contributed by atoms with van der Waals surface area (Å²) in [5.41, 5.74) is 16.1. The van der Waals surface area contributed by atoms with Gasteiger partial charge in [-0.3, -0.25) is 0 Å². The molecule has 2 nitrogen and oxygen atoms in total. The van der Waals surface area contributed by atoms with E-state index in [0.717, 1.165) is 29.3 Å². The maximum Gasteiger partial charge on any atom is 0.330 e. The lowest BCUT2D eigenvalue weighted by Gasteiger charge is -2.33. The second-order valence-electron chi connectivity index (χ2n) is 15.7. The lowest BCUT2D eigenvalue weighted by Crippen LogP contribution is -2.26. The van der Waals surface area contributed by atoms with E-state index in [2.05, 4.69) is 177 Å². The largest absolute Gasteiger partial charge is 0.463 e. The third kappa shape index (κ3) is 5.39. The molecule has 9 rings (SSSR count). The van der Waals surface area contributed by atoms with Gasteiger partial charge in [-0.15, -0.1) is 0 Å². The molecule has 0 amide bonds. The van der Waals surface area contributed by atoms with Crippen LogP contribution < -0.4 is 0 Å². The topological polar surface area (TPSA) is 26.3 Å². The number of fused-ring (bicyclic) bond motifs is 8. The van der Waals surface area contributed by atoms with E-state index in [1.54, 1.807) is 0 Å². The highest BCUT2D eigenvalue weighted by Gasteiger charge is 2.43. The van der Waals surface area contributed by atoms with Crippen molar-refractivity contribution in [1.29, 1.82) is 0 Å². The molecule has 7 aromatic carbocycles. The molecule has 0 spiro atoms. The van der Waals surface area contributed by atoms with Gasteiger partial charge < -0.3 is 4.74 Å². The van der Waals surface area contributed by atoms with Crippen LogP contribution in [-0.2, 0) is 20.4 Å². The van der Waals surface area contributed by atoms with Gasteiger partial charge in [-0.25, -0.2) is 4.79 Å². The third-order valence-corrected chi connectivity index (χ3v) is 12.9. The van der Waals surface area contributed by atoms with Crippen LogP contribution in [0, 0.1) is 0 Å². The number of hydrogen-bond acceptors (Lipinski definition) is 2. The lowest BCUT2D eigenvalue weighted by molar-refractivity contribution is -0.137. The molecule has 55 heavy (non-hydrogen) atoms. The Bertz CT molecular complexity index is 2690. The van der Waals surface area contributed by atoms with E-state index in [1.165, 1.54) is 94.4 Å². The molecule has 0 heterocycles. The van der Waals surface area contributed by atoms with Crippen molar-refractivity contribution >= 4 is 43.4 Å². The SMILES string of the molecule is C=CC(=O)OCCCCC1(C(=C)C)c2ccccc2-c2ccc(-c3c4ccccc4c(-c4ccc5c(c4)C(C)(C)c4cc(Br)ccc4-5)c4ccccc34)cc21. The summed E-state index contributed by atoms with van der Waals surface area (Å²) >= 11 is 3.73. The van der Waals surface area contributed by atoms with Gasteiger partial charge in [-0.2, -0.15) is 0 Å². The van der Waals surface area contributed by atoms with Crippen molar-refractivity contribution in [3.8, 4) is 44.5 Å². The number of carbonyl (C=O) groups is 1. The van der Waals surface area contributed by atoms with E-state index < -0.39 is 0 Å². The second-order valence-corrected chi connectivity index (χ2v) is 16.7. The third-order valence-electron chi connectivity index (χ3n) is 12.4. The average molecular weight is 780 g/mol. The Balaban J connectivity index is 1.22. The molecule has 270 valence electrons. The molecule has 0 bridgehead atoms. The Hall–Kier alpha value is -5.51. The number of halogens is 1. The van der Waals surface area contributed by atoms with Gasteiger partial charge in [0, 0.05) is 21.4 Å². The number of unbranched alkanes of at least 4 members (excludes halogenated alkanes) is 1. The predicted molar refractivity (Wildman–Crippen MR) is 234 cm³/mol. The summed E-state index contributed by atoms with van der Waals surface area (Å²) in [6.45, 7) is 15.4. The lowest BCUT2D eigenvalue weighted by atomic mass is 9.69. The van der Waals surface area contributed by atoms with Crippen molar-refractivity contribution in [2.45, 2.75) is 50.9 Å². The Morgan fingerprint density at radius 3 is 1.71 bits per heavy atom. The molecule has 1 atom stereocenters. The fourth-order valence-electron chi connectivity index (χ4n) is 9.81. The maximum atomic E-state index is 11.8. The summed E-state index contributed by atoms with van der Waals surface area (Å²) in [6, 6.07) is 47.6. The van der Waals surface area contributed by atoms with E-state index in [1.807, 2.05) is 0 Å². The Kier molecular flexibility index (Phi) is 8.55. The van der Waals surface area contributed by atoms with Crippen LogP contribution in [-0.4, -0.2) is 12.6 Å². The molecule has 2 aliphatic carbocycles. The van der Waals surface area contributed by atoms with E-state index in [0.29, 0.717) is 6.61 Å². The molecule has 0 N–H and O–H groups in total. The van der Waals surface area contributed by atoms with Crippen molar-refractivity contribution in [3.63, 3.8) is 0 Å². The molecule has 0 radical (unpaired) electrons. The van der Waals surface area contributed by atoms with Gasteiger partial charge in [-0.05, 0) is 139 Å². The number of esters is 1. The van der Waals surface area contributed by atoms with E-state index in [9.17, 15) is 4.79 Å². The first-order chi connectivity index (χ1) is 26.6. The van der Waals surface area contributed by atoms with Gasteiger partial charge in [0.05, 0.1) is 6.61 Å². The number of benzene rings is 7. The summed E-state index contributed by atoms with van der Waals surface area (Å²) in [6.07, 6.45) is 3.75. The summed E-state index contributed by atoms with van der Waals surface area (Å²) in [5, 5.41) is 4.97. The minimum Gasteiger partial charge on any atom is -0.463 e. The highest BCUT2D eigenvalue weighted by Crippen LogP contribution is 2.57. The van der Waals surface area contributed by atoms with Gasteiger partial charge in [0.1, 0.15) is 0 Å². The monoisotopic (exact) mass is 778 g/mol. The van der Waals surface area contributed by atoms with Crippen LogP contribution in [0.15, 0.2) is 157 Å². The summed E-state index contributed by atoms with van der Waals surface area (Å²) in [4.78, 5) is 11.8. The second kappa shape index (κ2) is 13.4. The number of carbonyl (C=O) groups excluding carboxylic acids is 1. The van der Waals surface area contributed by atoms with Gasteiger partial charge >= 0.3 is 5.97 Å². The standard InChI is InChI=1S/C52H43BrO2/c1-6-48(54)55-28-14-13-27-52(32(2)3)44-20-12-11-15-36(44)39-25-22-34(30-47(39)52)50-42-18-9-7-16-40(42)49(41-17-8-10-19-43(41)50)33-21-24-37-38-26-23-35(53)31-46(38)51(4,5)45(37)29-33/h6-12,15-26,29-31H,1-2,13-14,27-28H2,3-5H3. The molecular formula is C52H43BrO2. The van der Waals surface area contributed by atoms with E-state index >= 15 is 0 Å². The smallest absolute Gasteiger partial charge is 0.330 e. The number of ether oxygens (including phenoxy) is 1. The maximum absolute atomic E-state index is 11.8. The molecule has 3 heteroatoms. The molecule has 0 aliphatic heterocycles. The van der Waals surface area contributed by atoms with Gasteiger partial charge in [0.25, 0.3) is 0 Å². The summed E-state index contributed by atoms with van der Waals surface area (Å²) < 4.78 is 6.47. The van der Waals surface area contributed by atoms with Crippen LogP contribution in [0.5, 0.6) is 0 Å². The van der Waals surface area contributed by atoms with Gasteiger partial charge in [0.2, 0.25) is 0 Å². The van der Waals surface area contributed by atoms with Crippen molar-refractivity contribution in [2.24, 2.45) is 0 Å². The Labute approximate surface area is 332 Å². The van der Waals surface area contributed by atoms with Crippen LogP contribution in [0.2, 0.25) is 0 Å². The van der Waals surface area contributed by atoms with Crippen molar-refractivity contribution in [1.82, 2.24) is 0 Å². The quantitative estimate of drug-likeness (QED) is 0.0480. The minimum atomic E-state index is -0.375. The Morgan fingerprint density at radius 1 is 0.636 bits per heavy atom. The number of rotatable bonds is 9. The molecule has 7 aromatic rings. The molecule has 0 fully saturated rings. The summed E-state index contributed by atoms with van der Waals surface area (Å²) in [5.74, 6) is -0.375. The molecule has 0 saturated carbocycles. The fourth-order valence-corrected chi connectivity index (χ4v) is 10.2. The summed E-state index contributed by atoms with van der Waals surface area (Å²) in [7, 11) is 0. The van der Waals surface area contributed by atoms with Crippen molar-refractivity contribution in [2.75, 3.05) is 6.61 Å². The normalized spacial score (nSPS) is 16.0. The predicted octanol–water partition coefficient (Wildman–Crippen LogP) is 14.1. The number of allylic oxidation sites excluding steroid dienone is 1. The number of hydrogen-bond donors (Lipinski definition) is 0. The highest BCUT2D eigenvalue weighted by molar-refractivity contribution is 9.10. The van der Waals surface area contributed by atoms with Crippen molar-refractivity contribution < 1.29 is 9.53 Å². The van der Waals surface area contributed by atoms with Crippen LogP contribution in [0.1, 0.15) is 62.3 Å². The van der Waals surface area contributed by atoms with E-state index in [4.69, 9.17) is 4.74 Å². The highest BCUT2D eigenvalue weighted by atomic mass is 79.9. The van der Waals surface area contributed by atoms with Crippen LogP contribution in [0.4, 0.5) is 0 Å².